The van der Waals surface area contributed by atoms with Crippen molar-refractivity contribution in [3.63, 3.8) is 0 Å². The van der Waals surface area contributed by atoms with Crippen molar-refractivity contribution >= 4 is 52.0 Å². The minimum absolute atomic E-state index is 0.157. The number of nitrogens with zero attached hydrogens (tertiary/aromatic N) is 3. The molecule has 2 saturated heterocycles. The SMILES string of the molecule is CNC(=O)c1ccccc1Nc1cc(Nc2cc(C)c(N3CCC(N(C)Cc4cccc(NC5CCC(=O)NC5=O)c4)CC3)cc2OC(C)C)ncc1C(F)(F)F. The second kappa shape index (κ2) is 17.5. The van der Waals surface area contributed by atoms with Crippen LogP contribution in [0.2, 0.25) is 0 Å². The predicted molar refractivity (Wildman–Crippen MR) is 216 cm³/mol. The molecule has 0 spiro atoms. The summed E-state index contributed by atoms with van der Waals surface area (Å²) in [6.07, 6.45) is -1.48. The topological polar surface area (TPSA) is 140 Å². The predicted octanol–water partition coefficient (Wildman–Crippen LogP) is 7.36. The molecule has 1 atom stereocenters. The van der Waals surface area contributed by atoms with Crippen LogP contribution in [0.25, 0.3) is 0 Å². The number of benzene rings is 3. The standard InChI is InChI=1S/C42H49F3N8O4/c1-25(2)57-37-22-36(53-17-15-29(16-18-53)52(5)24-27-9-8-10-28(20-27)48-33-13-14-39(54)51-41(33)56)26(3)19-35(37)50-38-21-34(31(23-47-38)42(43,44)45)49-32-12-7-6-11-30(32)40(55)46-4/h6-12,19-23,25,29,33,48H,13-18,24H2,1-5H3,(H,46,55)(H2,47,49,50)(H,51,54,56). The lowest BCUT2D eigenvalue weighted by atomic mass is 10.0. The minimum atomic E-state index is -4.70. The second-order valence-corrected chi connectivity index (χ2v) is 14.8. The van der Waals surface area contributed by atoms with Gasteiger partial charge in [0.1, 0.15) is 17.6 Å². The van der Waals surface area contributed by atoms with Crippen LogP contribution in [0.1, 0.15) is 66.6 Å². The van der Waals surface area contributed by atoms with E-state index in [-0.39, 0.29) is 40.7 Å². The lowest BCUT2D eigenvalue weighted by Crippen LogP contribution is -2.47. The number of amides is 3. The number of alkyl halides is 3. The van der Waals surface area contributed by atoms with Gasteiger partial charge >= 0.3 is 6.18 Å². The third kappa shape index (κ3) is 10.1. The highest BCUT2D eigenvalue weighted by Crippen LogP contribution is 2.40. The molecule has 0 aliphatic carbocycles. The second-order valence-electron chi connectivity index (χ2n) is 14.8. The number of imide groups is 1. The van der Waals surface area contributed by atoms with Crippen LogP contribution in [0.5, 0.6) is 5.75 Å². The fourth-order valence-corrected chi connectivity index (χ4v) is 7.28. The molecule has 15 heteroatoms. The highest BCUT2D eigenvalue weighted by atomic mass is 19.4. The van der Waals surface area contributed by atoms with E-state index in [1.807, 2.05) is 45.0 Å². The third-order valence-corrected chi connectivity index (χ3v) is 10.2. The summed E-state index contributed by atoms with van der Waals surface area (Å²) in [5.74, 6) is -0.285. The average molecular weight is 787 g/mol. The Labute approximate surface area is 330 Å². The Morgan fingerprint density at radius 1 is 0.982 bits per heavy atom. The van der Waals surface area contributed by atoms with Crippen molar-refractivity contribution in [2.75, 3.05) is 48.0 Å². The first-order chi connectivity index (χ1) is 27.2. The summed E-state index contributed by atoms with van der Waals surface area (Å²) in [5, 5.41) is 14.2. The Bertz CT molecular complexity index is 2100. The largest absolute Gasteiger partial charge is 0.489 e. The van der Waals surface area contributed by atoms with E-state index in [2.05, 4.69) is 60.5 Å². The van der Waals surface area contributed by atoms with Crippen molar-refractivity contribution in [1.29, 1.82) is 0 Å². The Hall–Kier alpha value is -5.83. The normalized spacial score (nSPS) is 16.4. The van der Waals surface area contributed by atoms with Crippen LogP contribution in [0.3, 0.4) is 0 Å². The summed E-state index contributed by atoms with van der Waals surface area (Å²) in [7, 11) is 3.58. The van der Waals surface area contributed by atoms with E-state index < -0.39 is 23.7 Å². The zero-order valence-electron chi connectivity index (χ0n) is 32.7. The molecular formula is C42H49F3N8O4. The number of carbonyl (C=O) groups is 3. The molecule has 4 aromatic rings. The fraction of sp³-hybridized carbons (Fsp3) is 0.381. The van der Waals surface area contributed by atoms with E-state index in [1.165, 1.54) is 19.2 Å². The molecule has 3 heterocycles. The van der Waals surface area contributed by atoms with Gasteiger partial charge in [0.2, 0.25) is 11.8 Å². The van der Waals surface area contributed by atoms with Crippen LogP contribution in [0, 0.1) is 6.92 Å². The maximum atomic E-state index is 14.2. The first kappa shape index (κ1) is 40.8. The number of nitrogens with one attached hydrogen (secondary N) is 5. The molecule has 0 bridgehead atoms. The van der Waals surface area contributed by atoms with Gasteiger partial charge in [0.05, 0.1) is 34.3 Å². The number of hydrogen-bond acceptors (Lipinski definition) is 10. The van der Waals surface area contributed by atoms with Crippen molar-refractivity contribution in [2.24, 2.45) is 0 Å². The van der Waals surface area contributed by atoms with Crippen molar-refractivity contribution in [3.05, 3.63) is 95.2 Å². The maximum absolute atomic E-state index is 14.2. The van der Waals surface area contributed by atoms with Gasteiger partial charge in [-0.15, -0.1) is 0 Å². The zero-order valence-corrected chi connectivity index (χ0v) is 32.7. The molecule has 3 aromatic carbocycles. The van der Waals surface area contributed by atoms with Gasteiger partial charge in [-0.2, -0.15) is 13.2 Å². The maximum Gasteiger partial charge on any atom is 0.419 e. The smallest absolute Gasteiger partial charge is 0.419 e. The van der Waals surface area contributed by atoms with E-state index in [4.69, 9.17) is 4.74 Å². The van der Waals surface area contributed by atoms with Gasteiger partial charge < -0.3 is 30.9 Å². The lowest BCUT2D eigenvalue weighted by Gasteiger charge is -2.38. The molecule has 1 aromatic heterocycles. The number of aryl methyl sites for hydroxylation is 1. The summed E-state index contributed by atoms with van der Waals surface area (Å²) in [4.78, 5) is 45.1. The van der Waals surface area contributed by atoms with E-state index in [0.717, 1.165) is 61.2 Å². The molecule has 2 fully saturated rings. The molecule has 1 unspecified atom stereocenters. The number of hydrogen-bond donors (Lipinski definition) is 5. The fourth-order valence-electron chi connectivity index (χ4n) is 7.28. The Kier molecular flexibility index (Phi) is 12.6. The van der Waals surface area contributed by atoms with Crippen molar-refractivity contribution in [1.82, 2.24) is 20.5 Å². The average Bonchev–Trinajstić information content (AvgIpc) is 3.16. The molecule has 2 aliphatic heterocycles. The number of carbonyl (C=O) groups excluding carboxylic acids is 3. The van der Waals surface area contributed by atoms with Gasteiger partial charge in [-0.05, 0) is 88.5 Å². The molecule has 57 heavy (non-hydrogen) atoms. The summed E-state index contributed by atoms with van der Waals surface area (Å²) < 4.78 is 48.7. The first-order valence-electron chi connectivity index (χ1n) is 19.1. The molecule has 302 valence electrons. The summed E-state index contributed by atoms with van der Waals surface area (Å²) in [6.45, 7) is 8.18. The monoisotopic (exact) mass is 786 g/mol. The van der Waals surface area contributed by atoms with Crippen LogP contribution < -0.4 is 36.2 Å². The van der Waals surface area contributed by atoms with Gasteiger partial charge in [-0.1, -0.05) is 24.3 Å². The number of pyridine rings is 1. The number of para-hydroxylation sites is 1. The molecule has 5 N–H and O–H groups in total. The molecule has 2 aliphatic rings. The highest BCUT2D eigenvalue weighted by molar-refractivity contribution is 6.01. The molecule has 0 radical (unpaired) electrons. The van der Waals surface area contributed by atoms with Gasteiger partial charge in [-0.3, -0.25) is 24.6 Å². The number of rotatable bonds is 13. The summed E-state index contributed by atoms with van der Waals surface area (Å²) in [5.41, 5.74) is 3.65. The van der Waals surface area contributed by atoms with Crippen LogP contribution in [-0.4, -0.2) is 73.0 Å². The van der Waals surface area contributed by atoms with E-state index in [9.17, 15) is 27.6 Å². The van der Waals surface area contributed by atoms with Crippen molar-refractivity contribution in [3.8, 4) is 5.75 Å². The molecule has 12 nitrogen and oxygen atoms in total. The Balaban J connectivity index is 1.15. The van der Waals surface area contributed by atoms with Crippen molar-refractivity contribution < 1.29 is 32.3 Å². The number of anilines is 6. The van der Waals surface area contributed by atoms with Crippen LogP contribution in [-0.2, 0) is 22.3 Å². The van der Waals surface area contributed by atoms with E-state index in [0.29, 0.717) is 30.3 Å². The summed E-state index contributed by atoms with van der Waals surface area (Å²) in [6, 6.07) is 19.4. The molecule has 3 amide bonds. The molecular weight excluding hydrogens is 738 g/mol. The highest BCUT2D eigenvalue weighted by Gasteiger charge is 2.35. The quantitative estimate of drug-likeness (QED) is 0.0874. The van der Waals surface area contributed by atoms with Gasteiger partial charge in [0, 0.05) is 68.8 Å². The number of piperidine rings is 2. The van der Waals surface area contributed by atoms with E-state index >= 15 is 0 Å². The van der Waals surface area contributed by atoms with E-state index in [1.54, 1.807) is 18.2 Å². The Morgan fingerprint density at radius 3 is 2.44 bits per heavy atom. The van der Waals surface area contributed by atoms with Gasteiger partial charge in [0.15, 0.2) is 0 Å². The molecule has 0 saturated carbocycles. The number of halogens is 3. The van der Waals surface area contributed by atoms with Gasteiger partial charge in [-0.25, -0.2) is 4.98 Å². The first-order valence-corrected chi connectivity index (χ1v) is 19.1. The zero-order chi connectivity index (χ0) is 40.9. The van der Waals surface area contributed by atoms with Crippen LogP contribution >= 0.6 is 0 Å². The Morgan fingerprint density at radius 2 is 1.74 bits per heavy atom. The number of aromatic nitrogens is 1. The summed E-state index contributed by atoms with van der Waals surface area (Å²) >= 11 is 0. The lowest BCUT2D eigenvalue weighted by molar-refractivity contribution is -0.137. The number of ether oxygens (including phenoxy) is 1. The third-order valence-electron chi connectivity index (χ3n) is 10.2. The molecule has 6 rings (SSSR count). The minimum Gasteiger partial charge on any atom is -0.489 e. The van der Waals surface area contributed by atoms with Crippen molar-refractivity contribution in [2.45, 2.75) is 77.4 Å². The van der Waals surface area contributed by atoms with Crippen LogP contribution in [0.15, 0.2) is 72.9 Å². The van der Waals surface area contributed by atoms with Gasteiger partial charge in [0.25, 0.3) is 5.91 Å². The van der Waals surface area contributed by atoms with Crippen LogP contribution in [0.4, 0.5) is 47.4 Å².